The van der Waals surface area contributed by atoms with Gasteiger partial charge >= 0.3 is 0 Å². The van der Waals surface area contributed by atoms with Gasteiger partial charge in [-0.1, -0.05) is 18.7 Å². The van der Waals surface area contributed by atoms with Gasteiger partial charge < -0.3 is 11.1 Å². The molecule has 6 heteroatoms. The van der Waals surface area contributed by atoms with Crippen LogP contribution in [0.5, 0.6) is 0 Å². The van der Waals surface area contributed by atoms with Gasteiger partial charge in [0.2, 0.25) is 0 Å². The fourth-order valence-corrected chi connectivity index (χ4v) is 1.09. The van der Waals surface area contributed by atoms with Crippen molar-refractivity contribution < 1.29 is 4.79 Å². The van der Waals surface area contributed by atoms with E-state index < -0.39 is 0 Å². The van der Waals surface area contributed by atoms with E-state index in [-0.39, 0.29) is 5.91 Å². The molecule has 0 aliphatic rings. The molecule has 0 aliphatic carbocycles. The smallest absolute Gasteiger partial charge is 0.274 e. The zero-order valence-electron chi connectivity index (χ0n) is 9.63. The fraction of sp³-hybridized carbons (Fsp3) is 0.182. The van der Waals surface area contributed by atoms with Gasteiger partial charge in [0.25, 0.3) is 5.91 Å². The predicted octanol–water partition coefficient (Wildman–Crippen LogP) is 0.179. The van der Waals surface area contributed by atoms with E-state index in [1.165, 1.54) is 12.4 Å². The van der Waals surface area contributed by atoms with Gasteiger partial charge in [-0.3, -0.25) is 4.79 Å². The van der Waals surface area contributed by atoms with E-state index in [2.05, 4.69) is 22.0 Å². The minimum Gasteiger partial charge on any atom is -0.401 e. The minimum atomic E-state index is -0.330. The summed E-state index contributed by atoms with van der Waals surface area (Å²) in [4.78, 5) is 15.6. The van der Waals surface area contributed by atoms with Crippen LogP contribution in [0.3, 0.4) is 0 Å². The van der Waals surface area contributed by atoms with Crippen LogP contribution in [-0.4, -0.2) is 34.3 Å². The Bertz CT molecular complexity index is 458. The lowest BCUT2D eigenvalue weighted by Gasteiger charge is -1.98. The van der Waals surface area contributed by atoms with Crippen molar-refractivity contribution >= 4 is 12.0 Å². The van der Waals surface area contributed by atoms with Crippen LogP contribution in [0.25, 0.3) is 6.08 Å². The summed E-state index contributed by atoms with van der Waals surface area (Å²) in [6.45, 7) is 3.98. The standard InChI is InChI=1S/C11H15N5O/c1-3-4-5-10-14-8-16(15-10)11(17)6-9(12)7-13-2/h3-6,8,13H,1,7,12H2,2H3/b5-4+,9-6-. The van der Waals surface area contributed by atoms with Crippen molar-refractivity contribution in [2.24, 2.45) is 5.73 Å². The molecule has 0 unspecified atom stereocenters. The molecule has 0 aromatic carbocycles. The van der Waals surface area contributed by atoms with Gasteiger partial charge in [0.1, 0.15) is 6.33 Å². The second-order valence-corrected chi connectivity index (χ2v) is 3.23. The number of allylic oxidation sites excluding steroid dienone is 3. The van der Waals surface area contributed by atoms with Crippen molar-refractivity contribution in [3.05, 3.63) is 42.7 Å². The zero-order valence-corrected chi connectivity index (χ0v) is 9.63. The topological polar surface area (TPSA) is 85.8 Å². The Morgan fingerprint density at radius 2 is 2.47 bits per heavy atom. The summed E-state index contributed by atoms with van der Waals surface area (Å²) in [5.74, 6) is 0.113. The van der Waals surface area contributed by atoms with E-state index in [4.69, 9.17) is 5.73 Å². The summed E-state index contributed by atoms with van der Waals surface area (Å²) < 4.78 is 1.13. The first-order chi connectivity index (χ1) is 8.17. The Hall–Kier alpha value is -2.21. The molecule has 1 aromatic rings. The highest BCUT2D eigenvalue weighted by Crippen LogP contribution is 1.95. The molecule has 0 saturated heterocycles. The highest BCUT2D eigenvalue weighted by molar-refractivity contribution is 5.89. The van der Waals surface area contributed by atoms with Gasteiger partial charge in [-0.25, -0.2) is 4.98 Å². The summed E-state index contributed by atoms with van der Waals surface area (Å²) in [5.41, 5.74) is 6.04. The Kier molecular flexibility index (Phi) is 4.83. The Balaban J connectivity index is 2.76. The van der Waals surface area contributed by atoms with Crippen LogP contribution in [0.4, 0.5) is 0 Å². The Labute approximate surface area is 99.5 Å². The van der Waals surface area contributed by atoms with Crippen molar-refractivity contribution in [1.82, 2.24) is 20.1 Å². The molecule has 0 spiro atoms. The van der Waals surface area contributed by atoms with Crippen LogP contribution in [0.2, 0.25) is 0 Å². The van der Waals surface area contributed by atoms with E-state index in [1.54, 1.807) is 25.3 Å². The second kappa shape index (κ2) is 6.39. The number of hydrogen-bond acceptors (Lipinski definition) is 5. The SMILES string of the molecule is C=C/C=C/c1ncn(C(=O)/C=C(\N)CNC)n1. The minimum absolute atomic E-state index is 0.330. The van der Waals surface area contributed by atoms with Crippen molar-refractivity contribution in [2.75, 3.05) is 13.6 Å². The Morgan fingerprint density at radius 3 is 3.12 bits per heavy atom. The molecule has 0 atom stereocenters. The maximum Gasteiger partial charge on any atom is 0.274 e. The van der Waals surface area contributed by atoms with Crippen LogP contribution in [0, 0.1) is 0 Å². The molecule has 0 aliphatic heterocycles. The van der Waals surface area contributed by atoms with Crippen molar-refractivity contribution in [3.63, 3.8) is 0 Å². The number of likely N-dealkylation sites (N-methyl/N-ethyl adjacent to an activating group) is 1. The normalized spacial score (nSPS) is 11.9. The largest absolute Gasteiger partial charge is 0.401 e. The molecule has 17 heavy (non-hydrogen) atoms. The number of carbonyl (C=O) groups excluding carboxylic acids is 1. The molecule has 1 rings (SSSR count). The van der Waals surface area contributed by atoms with Crippen LogP contribution in [-0.2, 0) is 0 Å². The van der Waals surface area contributed by atoms with Crippen molar-refractivity contribution in [3.8, 4) is 0 Å². The third-order valence-electron chi connectivity index (χ3n) is 1.81. The lowest BCUT2D eigenvalue weighted by molar-refractivity contribution is 0.0952. The number of rotatable bonds is 5. The molecule has 0 bridgehead atoms. The summed E-state index contributed by atoms with van der Waals surface area (Å²) in [5, 5.41) is 6.81. The predicted molar refractivity (Wildman–Crippen MR) is 66.1 cm³/mol. The highest BCUT2D eigenvalue weighted by Gasteiger charge is 2.04. The molecule has 90 valence electrons. The van der Waals surface area contributed by atoms with Gasteiger partial charge in [-0.2, -0.15) is 4.68 Å². The maximum atomic E-state index is 11.6. The molecular formula is C11H15N5O. The molecule has 0 saturated carbocycles. The zero-order chi connectivity index (χ0) is 12.7. The summed E-state index contributed by atoms with van der Waals surface area (Å²) in [6.07, 6.45) is 7.60. The van der Waals surface area contributed by atoms with E-state index >= 15 is 0 Å². The van der Waals surface area contributed by atoms with E-state index in [0.29, 0.717) is 18.1 Å². The summed E-state index contributed by atoms with van der Waals surface area (Å²) in [7, 11) is 1.75. The number of nitrogens with zero attached hydrogens (tertiary/aromatic N) is 3. The first-order valence-electron chi connectivity index (χ1n) is 5.03. The van der Waals surface area contributed by atoms with Crippen LogP contribution < -0.4 is 11.1 Å². The maximum absolute atomic E-state index is 11.6. The van der Waals surface area contributed by atoms with Gasteiger partial charge in [0.05, 0.1) is 0 Å². The Morgan fingerprint density at radius 1 is 1.71 bits per heavy atom. The molecule has 0 fully saturated rings. The first kappa shape index (κ1) is 12.9. The van der Waals surface area contributed by atoms with Crippen molar-refractivity contribution in [1.29, 1.82) is 0 Å². The van der Waals surface area contributed by atoms with Gasteiger partial charge in [-0.15, -0.1) is 5.10 Å². The molecule has 1 aromatic heterocycles. The van der Waals surface area contributed by atoms with E-state index in [9.17, 15) is 4.79 Å². The van der Waals surface area contributed by atoms with Crippen LogP contribution in [0.1, 0.15) is 10.6 Å². The molecule has 3 N–H and O–H groups in total. The van der Waals surface area contributed by atoms with Crippen molar-refractivity contribution in [2.45, 2.75) is 0 Å². The molecule has 6 nitrogen and oxygen atoms in total. The van der Waals surface area contributed by atoms with E-state index in [0.717, 1.165) is 4.68 Å². The quantitative estimate of drug-likeness (QED) is 0.559. The number of hydrogen-bond donors (Lipinski definition) is 2. The summed E-state index contributed by atoms with van der Waals surface area (Å²) in [6, 6.07) is 0. The number of carbonyl (C=O) groups is 1. The van der Waals surface area contributed by atoms with Gasteiger partial charge in [0, 0.05) is 18.3 Å². The number of nitrogens with two attached hydrogens (primary N) is 1. The average Bonchev–Trinajstić information content (AvgIpc) is 2.75. The van der Waals surface area contributed by atoms with E-state index in [1.807, 2.05) is 0 Å². The van der Waals surface area contributed by atoms with Crippen LogP contribution >= 0.6 is 0 Å². The second-order valence-electron chi connectivity index (χ2n) is 3.23. The average molecular weight is 233 g/mol. The molecule has 0 amide bonds. The summed E-state index contributed by atoms with van der Waals surface area (Å²) >= 11 is 0. The monoisotopic (exact) mass is 233 g/mol. The van der Waals surface area contributed by atoms with Crippen LogP contribution in [0.15, 0.2) is 36.8 Å². The lowest BCUT2D eigenvalue weighted by Crippen LogP contribution is -2.19. The van der Waals surface area contributed by atoms with Gasteiger partial charge in [-0.05, 0) is 13.1 Å². The fourth-order valence-electron chi connectivity index (χ4n) is 1.09. The molecular weight excluding hydrogens is 218 g/mol. The lowest BCUT2D eigenvalue weighted by atomic mass is 10.4. The molecule has 0 radical (unpaired) electrons. The van der Waals surface area contributed by atoms with Gasteiger partial charge in [0.15, 0.2) is 5.82 Å². The third kappa shape index (κ3) is 4.04. The number of aromatic nitrogens is 3. The third-order valence-corrected chi connectivity index (χ3v) is 1.81. The number of nitrogens with one attached hydrogen (secondary N) is 1. The first-order valence-corrected chi connectivity index (χ1v) is 5.03. The highest BCUT2D eigenvalue weighted by atomic mass is 16.2. The molecule has 1 heterocycles.